The molecule has 1 aromatic carbocycles. The molecule has 0 amide bonds. The van der Waals surface area contributed by atoms with Crippen molar-refractivity contribution in [3.63, 3.8) is 0 Å². The number of hydrogen-bond donors (Lipinski definition) is 2. The minimum Gasteiger partial charge on any atom is -0.406 e. The maximum Gasteiger partial charge on any atom is 0.573 e. The smallest absolute Gasteiger partial charge is 0.406 e. The Bertz CT molecular complexity index is 705. The number of fused-ring (bicyclic) bond motifs is 2. The summed E-state index contributed by atoms with van der Waals surface area (Å²) >= 11 is 0. The van der Waals surface area contributed by atoms with E-state index < -0.39 is 6.36 Å². The largest absolute Gasteiger partial charge is 0.573 e. The summed E-state index contributed by atoms with van der Waals surface area (Å²) < 4.78 is 46.4. The summed E-state index contributed by atoms with van der Waals surface area (Å²) in [5, 5.41) is 3.41. The van der Waals surface area contributed by atoms with E-state index in [1.165, 1.54) is 37.8 Å². The van der Waals surface area contributed by atoms with E-state index in [-0.39, 0.29) is 35.1 Å². The Hall–Kier alpha value is -1.23. The third kappa shape index (κ3) is 4.19. The highest BCUT2D eigenvalue weighted by Gasteiger charge is 2.65. The number of nitrogens with zero attached hydrogens (tertiary/aromatic N) is 1. The molecule has 1 spiro atoms. The van der Waals surface area contributed by atoms with E-state index in [1.54, 1.807) is 12.1 Å². The summed E-state index contributed by atoms with van der Waals surface area (Å²) in [4.78, 5) is 4.37. The van der Waals surface area contributed by atoms with Gasteiger partial charge in [-0.3, -0.25) is 0 Å². The molecule has 3 aliphatic rings. The van der Waals surface area contributed by atoms with Crippen molar-refractivity contribution < 1.29 is 22.6 Å². The molecule has 3 unspecified atom stereocenters. The lowest BCUT2D eigenvalue weighted by Gasteiger charge is -2.57. The van der Waals surface area contributed by atoms with Gasteiger partial charge in [0.25, 0.3) is 0 Å². The lowest BCUT2D eigenvalue weighted by Crippen LogP contribution is -2.69. The molecule has 28 heavy (non-hydrogen) atoms. The number of rotatable bonds is 4. The van der Waals surface area contributed by atoms with Crippen LogP contribution < -0.4 is 15.8 Å². The zero-order chi connectivity index (χ0) is 19.1. The molecule has 0 bridgehead atoms. The normalized spacial score (nSPS) is 28.4. The number of nitrogens with one attached hydrogen (secondary N) is 1. The van der Waals surface area contributed by atoms with Crippen LogP contribution in [0.2, 0.25) is 0 Å². The summed E-state index contributed by atoms with van der Waals surface area (Å²) in [7, 11) is 0. The fourth-order valence-electron chi connectivity index (χ4n) is 5.08. The molecule has 4 rings (SSSR count). The van der Waals surface area contributed by atoms with Crippen molar-refractivity contribution in [2.45, 2.75) is 57.2 Å². The van der Waals surface area contributed by atoms with Crippen LogP contribution in [-0.2, 0) is 11.3 Å². The van der Waals surface area contributed by atoms with Crippen molar-refractivity contribution in [2.75, 3.05) is 6.61 Å². The van der Waals surface area contributed by atoms with Crippen molar-refractivity contribution in [3.05, 3.63) is 29.8 Å². The summed E-state index contributed by atoms with van der Waals surface area (Å²) in [5.74, 6) is 0.633. The number of halogens is 4. The van der Waals surface area contributed by atoms with Gasteiger partial charge in [0.05, 0.1) is 12.6 Å². The zero-order valence-corrected chi connectivity index (χ0v) is 17.7. The number of benzene rings is 1. The van der Waals surface area contributed by atoms with Gasteiger partial charge in [0, 0.05) is 24.0 Å². The first kappa shape index (κ1) is 21.5. The Morgan fingerprint density at radius 2 is 1.93 bits per heavy atom. The van der Waals surface area contributed by atoms with Gasteiger partial charge in [0.2, 0.25) is 0 Å². The lowest BCUT2D eigenvalue weighted by atomic mass is 9.54. The van der Waals surface area contributed by atoms with E-state index in [4.69, 9.17) is 10.5 Å². The number of guanidine groups is 1. The number of alkyl halides is 3. The molecule has 1 saturated heterocycles. The average Bonchev–Trinajstić information content (AvgIpc) is 3.26. The van der Waals surface area contributed by atoms with Gasteiger partial charge in [-0.25, -0.2) is 4.99 Å². The van der Waals surface area contributed by atoms with Gasteiger partial charge >= 0.3 is 6.36 Å². The molecular formula is C19H25F3IN3O2. The SMILES string of the molecule is I.NC(=NCc1ccc(OC(F)(F)F)cc1)NC1C2CCOC2C12CCCC2. The number of nitrogens with two attached hydrogens (primary N) is 1. The van der Waals surface area contributed by atoms with Crippen molar-refractivity contribution in [1.82, 2.24) is 5.32 Å². The molecule has 3 atom stereocenters. The molecular weight excluding hydrogens is 486 g/mol. The van der Waals surface area contributed by atoms with E-state index >= 15 is 0 Å². The van der Waals surface area contributed by atoms with Crippen molar-refractivity contribution in [3.8, 4) is 5.75 Å². The average molecular weight is 511 g/mol. The molecule has 3 N–H and O–H groups in total. The number of aliphatic imine (C=N–C) groups is 1. The summed E-state index contributed by atoms with van der Waals surface area (Å²) in [6.07, 6.45) is 1.51. The predicted molar refractivity (Wildman–Crippen MR) is 110 cm³/mol. The Morgan fingerprint density at radius 3 is 2.57 bits per heavy atom. The van der Waals surface area contributed by atoms with E-state index in [9.17, 15) is 13.2 Å². The van der Waals surface area contributed by atoms with Crippen LogP contribution in [0.4, 0.5) is 13.2 Å². The topological polar surface area (TPSA) is 68.9 Å². The maximum absolute atomic E-state index is 12.2. The van der Waals surface area contributed by atoms with E-state index in [2.05, 4.69) is 15.0 Å². The molecule has 9 heteroatoms. The molecule has 156 valence electrons. The van der Waals surface area contributed by atoms with Crippen molar-refractivity contribution >= 4 is 29.9 Å². The molecule has 2 aliphatic carbocycles. The van der Waals surface area contributed by atoms with Gasteiger partial charge in [-0.15, -0.1) is 37.1 Å². The second kappa shape index (κ2) is 8.25. The van der Waals surface area contributed by atoms with Crippen molar-refractivity contribution in [1.29, 1.82) is 0 Å². The molecule has 1 aliphatic heterocycles. The fourth-order valence-corrected chi connectivity index (χ4v) is 5.08. The lowest BCUT2D eigenvalue weighted by molar-refractivity contribution is -0.274. The zero-order valence-electron chi connectivity index (χ0n) is 15.4. The van der Waals surface area contributed by atoms with Gasteiger partial charge in [-0.2, -0.15) is 0 Å². The van der Waals surface area contributed by atoms with Gasteiger partial charge in [0.1, 0.15) is 5.75 Å². The first-order valence-corrected chi connectivity index (χ1v) is 9.40. The fraction of sp³-hybridized carbons (Fsp3) is 0.632. The second-order valence-electron chi connectivity index (χ2n) is 7.70. The molecule has 1 heterocycles. The molecule has 1 aromatic rings. The molecule has 5 nitrogen and oxygen atoms in total. The first-order valence-electron chi connectivity index (χ1n) is 9.40. The minimum absolute atomic E-state index is 0. The van der Waals surface area contributed by atoms with Crippen LogP contribution in [0.5, 0.6) is 5.75 Å². The minimum atomic E-state index is -4.69. The van der Waals surface area contributed by atoms with Crippen LogP contribution in [0.3, 0.4) is 0 Å². The van der Waals surface area contributed by atoms with Gasteiger partial charge < -0.3 is 20.5 Å². The maximum atomic E-state index is 12.2. The predicted octanol–water partition coefficient (Wildman–Crippen LogP) is 3.96. The molecule has 0 aromatic heterocycles. The second-order valence-corrected chi connectivity index (χ2v) is 7.70. The Kier molecular flexibility index (Phi) is 6.33. The number of ether oxygens (including phenoxy) is 2. The highest BCUT2D eigenvalue weighted by atomic mass is 127. The summed E-state index contributed by atoms with van der Waals surface area (Å²) in [6.45, 7) is 1.12. The van der Waals surface area contributed by atoms with Crippen LogP contribution in [0.1, 0.15) is 37.7 Å². The van der Waals surface area contributed by atoms with Crippen LogP contribution in [0.25, 0.3) is 0 Å². The van der Waals surface area contributed by atoms with Gasteiger partial charge in [0.15, 0.2) is 5.96 Å². The van der Waals surface area contributed by atoms with Crippen LogP contribution >= 0.6 is 24.0 Å². The van der Waals surface area contributed by atoms with Crippen molar-refractivity contribution in [2.24, 2.45) is 22.1 Å². The van der Waals surface area contributed by atoms with E-state index in [0.717, 1.165) is 18.6 Å². The van der Waals surface area contributed by atoms with Crippen LogP contribution in [0.15, 0.2) is 29.3 Å². The molecule has 3 fully saturated rings. The van der Waals surface area contributed by atoms with Gasteiger partial charge in [-0.1, -0.05) is 25.0 Å². The van der Waals surface area contributed by atoms with Gasteiger partial charge in [-0.05, 0) is 37.0 Å². The standard InChI is InChI=1S/C19H24F3N3O2.HI/c20-19(21,22)27-13-5-3-12(4-6-13)11-24-17(23)25-15-14-7-10-26-16(14)18(15)8-1-2-9-18;/h3-6,14-16H,1-2,7-11H2,(H3,23,24,25);1H. The third-order valence-corrected chi connectivity index (χ3v) is 6.18. The summed E-state index contributed by atoms with van der Waals surface area (Å²) in [5.41, 5.74) is 7.06. The quantitative estimate of drug-likeness (QED) is 0.365. The summed E-state index contributed by atoms with van der Waals surface area (Å²) in [6, 6.07) is 5.98. The third-order valence-electron chi connectivity index (χ3n) is 6.18. The Labute approximate surface area is 179 Å². The molecule has 0 radical (unpaired) electrons. The van der Waals surface area contributed by atoms with Crippen LogP contribution in [0, 0.1) is 11.3 Å². The highest BCUT2D eigenvalue weighted by molar-refractivity contribution is 14.0. The first-order chi connectivity index (χ1) is 12.9. The Balaban J connectivity index is 0.00000225. The van der Waals surface area contributed by atoms with E-state index in [1.807, 2.05) is 0 Å². The van der Waals surface area contributed by atoms with E-state index in [0.29, 0.717) is 30.6 Å². The Morgan fingerprint density at radius 1 is 1.25 bits per heavy atom. The number of hydrogen-bond acceptors (Lipinski definition) is 3. The highest BCUT2D eigenvalue weighted by Crippen LogP contribution is 2.60. The van der Waals surface area contributed by atoms with Crippen LogP contribution in [-0.4, -0.2) is 31.1 Å². The monoisotopic (exact) mass is 511 g/mol. The molecule has 2 saturated carbocycles.